The maximum Gasteiger partial charge on any atom is 0.330 e. The Labute approximate surface area is 427 Å². The van der Waals surface area contributed by atoms with Gasteiger partial charge in [-0.2, -0.15) is 0 Å². The maximum atomic E-state index is 15.0. The SMILES string of the molecule is COc1cc2c(cc1-c1c(C)noc1C)ncc1c2n([C@H](C)c2ccccn2)c(=O)n1C(CCOCCC(C(N)=O)n1c(=O)n([C@H](C)c2ccccn2)c2c3cc(OC)c(-c4c(C)noc4C)cc3ncc21)C(N)=O. The van der Waals surface area contributed by atoms with Crippen LogP contribution in [0.4, 0.5) is 0 Å². The minimum absolute atomic E-state index is 0.0472. The number of hydrogen-bond acceptors (Lipinski definition) is 15. The van der Waals surface area contributed by atoms with E-state index in [-0.39, 0.29) is 26.1 Å². The highest BCUT2D eigenvalue weighted by Gasteiger charge is 2.32. The lowest BCUT2D eigenvalue weighted by atomic mass is 10.00. The van der Waals surface area contributed by atoms with Gasteiger partial charge in [0.1, 0.15) is 35.1 Å². The molecule has 8 aromatic heterocycles. The molecule has 0 saturated carbocycles. The van der Waals surface area contributed by atoms with E-state index in [1.165, 1.54) is 9.13 Å². The van der Waals surface area contributed by atoms with E-state index in [0.717, 1.165) is 11.1 Å². The minimum Gasteiger partial charge on any atom is -0.496 e. The molecular formula is C54H54N12O9. The van der Waals surface area contributed by atoms with Crippen molar-refractivity contribution in [2.45, 2.75) is 78.6 Å². The predicted molar refractivity (Wildman–Crippen MR) is 279 cm³/mol. The fourth-order valence-electron chi connectivity index (χ4n) is 10.5. The number of amides is 2. The van der Waals surface area contributed by atoms with Crippen molar-refractivity contribution in [3.8, 4) is 33.8 Å². The summed E-state index contributed by atoms with van der Waals surface area (Å²) in [5, 5.41) is 9.42. The highest BCUT2D eigenvalue weighted by Crippen LogP contribution is 2.42. The normalized spacial score (nSPS) is 13.4. The van der Waals surface area contributed by atoms with Crippen molar-refractivity contribution in [2.75, 3.05) is 27.4 Å². The number of carbonyl (C=O) groups excluding carboxylic acids is 2. The average molecular weight is 1020 g/mol. The molecule has 0 saturated heterocycles. The van der Waals surface area contributed by atoms with Gasteiger partial charge in [0.15, 0.2) is 0 Å². The number of fused-ring (bicyclic) bond motifs is 6. The van der Waals surface area contributed by atoms with E-state index in [2.05, 4.69) is 20.3 Å². The number of carbonyl (C=O) groups is 2. The Kier molecular flexibility index (Phi) is 13.1. The molecule has 10 aromatic rings. The van der Waals surface area contributed by atoms with E-state index >= 15 is 0 Å². The lowest BCUT2D eigenvalue weighted by Crippen LogP contribution is -2.37. The summed E-state index contributed by atoms with van der Waals surface area (Å²) in [5.74, 6) is 0.588. The molecule has 0 aliphatic rings. The topological polar surface area (TPSA) is 271 Å². The molecule has 0 aliphatic heterocycles. The van der Waals surface area contributed by atoms with Crippen molar-refractivity contribution in [3.05, 3.63) is 141 Å². The third-order valence-electron chi connectivity index (χ3n) is 14.1. The van der Waals surface area contributed by atoms with Gasteiger partial charge in [-0.05, 0) is 90.1 Å². The summed E-state index contributed by atoms with van der Waals surface area (Å²) >= 11 is 0. The van der Waals surface area contributed by atoms with Gasteiger partial charge < -0.3 is 34.7 Å². The molecule has 10 rings (SSSR count). The fraction of sp³-hybridized carbons (Fsp3) is 0.296. The molecule has 2 unspecified atom stereocenters. The number of benzene rings is 2. The lowest BCUT2D eigenvalue weighted by Gasteiger charge is -2.18. The smallest absolute Gasteiger partial charge is 0.330 e. The number of methoxy groups -OCH3 is 2. The monoisotopic (exact) mass is 1010 g/mol. The first-order chi connectivity index (χ1) is 36.1. The summed E-state index contributed by atoms with van der Waals surface area (Å²) in [5.41, 5.74) is 19.4. The Morgan fingerprint density at radius 1 is 0.600 bits per heavy atom. The Balaban J connectivity index is 0.995. The molecule has 384 valence electrons. The van der Waals surface area contributed by atoms with Crippen molar-refractivity contribution < 1.29 is 32.8 Å². The molecule has 4 atom stereocenters. The number of rotatable bonds is 18. The fourth-order valence-corrected chi connectivity index (χ4v) is 10.5. The van der Waals surface area contributed by atoms with Gasteiger partial charge >= 0.3 is 11.4 Å². The second-order valence-electron chi connectivity index (χ2n) is 18.5. The quantitative estimate of drug-likeness (QED) is 0.0809. The predicted octanol–water partition coefficient (Wildman–Crippen LogP) is 7.14. The molecule has 2 aromatic carbocycles. The van der Waals surface area contributed by atoms with Gasteiger partial charge in [-0.1, -0.05) is 22.4 Å². The van der Waals surface area contributed by atoms with Crippen LogP contribution < -0.4 is 32.3 Å². The van der Waals surface area contributed by atoms with Crippen LogP contribution in [0, 0.1) is 27.7 Å². The molecule has 2 amide bonds. The first-order valence-corrected chi connectivity index (χ1v) is 24.3. The van der Waals surface area contributed by atoms with Crippen LogP contribution in [-0.2, 0) is 14.3 Å². The number of aryl methyl sites for hydroxylation is 4. The minimum atomic E-state index is -1.21. The van der Waals surface area contributed by atoms with Gasteiger partial charge in [0.25, 0.3) is 0 Å². The number of nitrogens with two attached hydrogens (primary N) is 2. The van der Waals surface area contributed by atoms with Gasteiger partial charge in [-0.25, -0.2) is 9.59 Å². The number of primary amides is 2. The molecule has 0 aliphatic carbocycles. The van der Waals surface area contributed by atoms with Crippen LogP contribution in [0.15, 0.2) is 104 Å². The Hall–Kier alpha value is -8.98. The van der Waals surface area contributed by atoms with Crippen molar-refractivity contribution in [3.63, 3.8) is 0 Å². The van der Waals surface area contributed by atoms with Crippen molar-refractivity contribution in [2.24, 2.45) is 11.5 Å². The van der Waals surface area contributed by atoms with Crippen LogP contribution in [0.25, 0.3) is 66.1 Å². The molecule has 0 bridgehead atoms. The summed E-state index contributed by atoms with van der Waals surface area (Å²) < 4.78 is 34.8. The average Bonchev–Trinajstić information content (AvgIpc) is 4.12. The van der Waals surface area contributed by atoms with E-state index in [1.54, 1.807) is 60.3 Å². The zero-order valence-corrected chi connectivity index (χ0v) is 42.5. The molecule has 0 radical (unpaired) electrons. The summed E-state index contributed by atoms with van der Waals surface area (Å²) in [6, 6.07) is 14.6. The number of aromatic nitrogens is 10. The van der Waals surface area contributed by atoms with Gasteiger partial charge in [0, 0.05) is 60.3 Å². The third-order valence-corrected chi connectivity index (χ3v) is 14.1. The Morgan fingerprint density at radius 2 is 1.01 bits per heavy atom. The lowest BCUT2D eigenvalue weighted by molar-refractivity contribution is -0.122. The highest BCUT2D eigenvalue weighted by atomic mass is 16.5. The molecule has 8 heterocycles. The molecule has 21 nitrogen and oxygen atoms in total. The maximum absolute atomic E-state index is 15.0. The number of hydrogen-bond donors (Lipinski definition) is 2. The van der Waals surface area contributed by atoms with Crippen LogP contribution in [-0.4, -0.2) is 87.8 Å². The van der Waals surface area contributed by atoms with Crippen molar-refractivity contribution in [1.29, 1.82) is 0 Å². The summed E-state index contributed by atoms with van der Waals surface area (Å²) in [7, 11) is 3.10. The number of imidazole rings is 2. The second-order valence-corrected chi connectivity index (χ2v) is 18.5. The van der Waals surface area contributed by atoms with Crippen molar-refractivity contribution >= 4 is 55.7 Å². The standard InChI is InChI=1S/C54H54N12O9/c1-27-47(31(5)74-61-27)35-21-39-33(23-45(35)71-7)49-43(25-59-39)65(53(69)63(49)29(3)37-13-9-11-17-57-37)41(51(55)67)15-19-73-20-16-42(52(56)68)66-44-26-60-40-22-36(48-28(2)62-75-32(48)6)46(72-8)24-34(40)50(44)64(54(66)70)30(4)38-14-10-12-18-58-38/h9-14,17-18,21-26,29-30,41-42H,15-16,19-20H2,1-8H3,(H2,55,67)(H2,56,68)/t29-,30-,41?,42?/m1/s1. The van der Waals surface area contributed by atoms with Crippen LogP contribution in [0.2, 0.25) is 0 Å². The molecule has 0 spiro atoms. The first kappa shape index (κ1) is 49.6. The number of nitrogens with zero attached hydrogens (tertiary/aromatic N) is 10. The van der Waals surface area contributed by atoms with E-state index in [0.29, 0.717) is 101 Å². The van der Waals surface area contributed by atoms with Crippen LogP contribution in [0.5, 0.6) is 11.5 Å². The van der Waals surface area contributed by atoms with Crippen LogP contribution in [0.1, 0.15) is 85.2 Å². The van der Waals surface area contributed by atoms with Crippen molar-refractivity contribution in [1.82, 2.24) is 48.5 Å². The van der Waals surface area contributed by atoms with Gasteiger partial charge in [-0.15, -0.1) is 0 Å². The second kappa shape index (κ2) is 19.8. The molecule has 75 heavy (non-hydrogen) atoms. The first-order valence-electron chi connectivity index (χ1n) is 24.3. The van der Waals surface area contributed by atoms with Gasteiger partial charge in [-0.3, -0.25) is 47.8 Å². The largest absolute Gasteiger partial charge is 0.496 e. The van der Waals surface area contributed by atoms with E-state index in [9.17, 15) is 19.2 Å². The van der Waals surface area contributed by atoms with Gasteiger partial charge in [0.2, 0.25) is 11.8 Å². The zero-order valence-electron chi connectivity index (χ0n) is 42.5. The number of ether oxygens (including phenoxy) is 3. The molecule has 21 heteroatoms. The third kappa shape index (κ3) is 8.43. The van der Waals surface area contributed by atoms with E-state index in [4.69, 9.17) is 44.7 Å². The molecular weight excluding hydrogens is 961 g/mol. The zero-order chi connectivity index (χ0) is 53.0. The Morgan fingerprint density at radius 3 is 1.35 bits per heavy atom. The Bertz CT molecular complexity index is 3670. The number of pyridine rings is 4. The van der Waals surface area contributed by atoms with E-state index < -0.39 is 47.4 Å². The summed E-state index contributed by atoms with van der Waals surface area (Å²) in [6.45, 7) is 10.8. The van der Waals surface area contributed by atoms with Gasteiger partial charge in [0.05, 0.1) is 106 Å². The highest BCUT2D eigenvalue weighted by molar-refractivity contribution is 6.07. The van der Waals surface area contributed by atoms with E-state index in [1.807, 2.05) is 90.1 Å². The molecule has 0 fully saturated rings. The molecule has 4 N–H and O–H groups in total. The van der Waals surface area contributed by atoms with Crippen LogP contribution >= 0.6 is 0 Å². The van der Waals surface area contributed by atoms with Crippen LogP contribution in [0.3, 0.4) is 0 Å². The summed E-state index contributed by atoms with van der Waals surface area (Å²) in [6.07, 6.45) is 6.29. The summed E-state index contributed by atoms with van der Waals surface area (Å²) in [4.78, 5) is 75.8.